The maximum Gasteiger partial charge on any atom is 0.220 e. The van der Waals surface area contributed by atoms with E-state index in [4.69, 9.17) is 0 Å². The van der Waals surface area contributed by atoms with Gasteiger partial charge in [0.25, 0.3) is 0 Å². The zero-order chi connectivity index (χ0) is 10.7. The van der Waals surface area contributed by atoms with Crippen LogP contribution >= 0.6 is 12.4 Å². The van der Waals surface area contributed by atoms with Crippen molar-refractivity contribution < 1.29 is 4.79 Å². The molecule has 0 spiro atoms. The minimum Gasteiger partial charge on any atom is -0.356 e. The van der Waals surface area contributed by atoms with Crippen LogP contribution in [0.25, 0.3) is 0 Å². The minimum absolute atomic E-state index is 0. The van der Waals surface area contributed by atoms with Crippen molar-refractivity contribution in [3.05, 3.63) is 0 Å². The first kappa shape index (κ1) is 13.8. The van der Waals surface area contributed by atoms with Crippen LogP contribution in [0.4, 0.5) is 0 Å². The first-order valence-corrected chi connectivity index (χ1v) is 6.23. The highest BCUT2D eigenvalue weighted by atomic mass is 35.5. The van der Waals surface area contributed by atoms with Gasteiger partial charge in [-0.15, -0.1) is 12.4 Å². The third-order valence-corrected chi connectivity index (χ3v) is 3.78. The van der Waals surface area contributed by atoms with Gasteiger partial charge in [0.15, 0.2) is 0 Å². The Morgan fingerprint density at radius 3 is 2.81 bits per heavy atom. The Morgan fingerprint density at radius 1 is 1.50 bits per heavy atom. The lowest BCUT2D eigenvalue weighted by Gasteiger charge is -2.08. The van der Waals surface area contributed by atoms with Gasteiger partial charge in [-0.3, -0.25) is 4.79 Å². The molecule has 1 aliphatic heterocycles. The molecule has 1 saturated heterocycles. The number of hydrogen-bond donors (Lipinski definition) is 2. The van der Waals surface area contributed by atoms with E-state index in [1.807, 2.05) is 0 Å². The summed E-state index contributed by atoms with van der Waals surface area (Å²) in [4.78, 5) is 11.5. The van der Waals surface area contributed by atoms with Crippen molar-refractivity contribution in [2.75, 3.05) is 19.6 Å². The molecular weight excluding hydrogens is 224 g/mol. The predicted octanol–water partition coefficient (Wildman–Crippen LogP) is 1.57. The predicted molar refractivity (Wildman–Crippen MR) is 67.7 cm³/mol. The quantitative estimate of drug-likeness (QED) is 0.773. The Morgan fingerprint density at radius 2 is 2.25 bits per heavy atom. The van der Waals surface area contributed by atoms with Crippen LogP contribution in [0.5, 0.6) is 0 Å². The van der Waals surface area contributed by atoms with Gasteiger partial charge in [-0.25, -0.2) is 0 Å². The van der Waals surface area contributed by atoms with E-state index < -0.39 is 0 Å². The average molecular weight is 247 g/mol. The Hall–Kier alpha value is -0.280. The summed E-state index contributed by atoms with van der Waals surface area (Å²) < 4.78 is 0. The van der Waals surface area contributed by atoms with Crippen molar-refractivity contribution in [2.24, 2.45) is 17.8 Å². The zero-order valence-corrected chi connectivity index (χ0v) is 10.8. The molecule has 2 fully saturated rings. The van der Waals surface area contributed by atoms with Crippen LogP contribution in [0.1, 0.15) is 32.6 Å². The molecule has 1 aliphatic carbocycles. The number of rotatable bonds is 5. The smallest absolute Gasteiger partial charge is 0.220 e. The number of halogens is 1. The van der Waals surface area contributed by atoms with Crippen molar-refractivity contribution >= 4 is 18.3 Å². The fourth-order valence-electron chi connectivity index (χ4n) is 2.31. The molecule has 2 N–H and O–H groups in total. The van der Waals surface area contributed by atoms with Crippen LogP contribution in [0.2, 0.25) is 0 Å². The monoisotopic (exact) mass is 246 g/mol. The van der Waals surface area contributed by atoms with E-state index in [9.17, 15) is 4.79 Å². The molecule has 94 valence electrons. The summed E-state index contributed by atoms with van der Waals surface area (Å²) in [5.41, 5.74) is 0. The number of carbonyl (C=O) groups is 1. The molecule has 0 bridgehead atoms. The highest BCUT2D eigenvalue weighted by Crippen LogP contribution is 2.36. The van der Waals surface area contributed by atoms with Crippen LogP contribution in [0.15, 0.2) is 0 Å². The Bertz CT molecular complexity index is 229. The third-order valence-electron chi connectivity index (χ3n) is 3.78. The molecule has 1 saturated carbocycles. The lowest BCUT2D eigenvalue weighted by Crippen LogP contribution is -2.26. The Labute approximate surface area is 104 Å². The fourth-order valence-corrected chi connectivity index (χ4v) is 2.31. The second kappa shape index (κ2) is 6.45. The van der Waals surface area contributed by atoms with Gasteiger partial charge >= 0.3 is 0 Å². The van der Waals surface area contributed by atoms with Crippen LogP contribution in [0.3, 0.4) is 0 Å². The first-order valence-electron chi connectivity index (χ1n) is 6.23. The highest BCUT2D eigenvalue weighted by molar-refractivity contribution is 5.85. The summed E-state index contributed by atoms with van der Waals surface area (Å²) in [5.74, 6) is 2.59. The molecule has 0 aromatic carbocycles. The lowest BCUT2D eigenvalue weighted by molar-refractivity contribution is -0.121. The van der Waals surface area contributed by atoms with Gasteiger partial charge in [-0.05, 0) is 50.1 Å². The van der Waals surface area contributed by atoms with E-state index in [1.54, 1.807) is 0 Å². The van der Waals surface area contributed by atoms with E-state index in [0.29, 0.717) is 6.42 Å². The minimum atomic E-state index is 0. The van der Waals surface area contributed by atoms with Gasteiger partial charge in [-0.1, -0.05) is 6.92 Å². The van der Waals surface area contributed by atoms with Crippen molar-refractivity contribution in [3.8, 4) is 0 Å². The molecule has 16 heavy (non-hydrogen) atoms. The summed E-state index contributed by atoms with van der Waals surface area (Å²) in [6.45, 7) is 5.39. The van der Waals surface area contributed by atoms with Gasteiger partial charge in [0.2, 0.25) is 5.91 Å². The average Bonchev–Trinajstić information content (AvgIpc) is 2.73. The summed E-state index contributed by atoms with van der Waals surface area (Å²) in [7, 11) is 0. The summed E-state index contributed by atoms with van der Waals surface area (Å²) >= 11 is 0. The summed E-state index contributed by atoms with van der Waals surface area (Å²) in [6, 6.07) is 0. The van der Waals surface area contributed by atoms with Crippen molar-refractivity contribution in [3.63, 3.8) is 0 Å². The molecule has 1 heterocycles. The maximum absolute atomic E-state index is 11.5. The number of hydrogen-bond acceptors (Lipinski definition) is 2. The summed E-state index contributed by atoms with van der Waals surface area (Å²) in [5, 5.41) is 6.37. The molecular formula is C12H23ClN2O. The second-order valence-electron chi connectivity index (χ2n) is 5.17. The molecule has 3 atom stereocenters. The van der Waals surface area contributed by atoms with Gasteiger partial charge in [0.1, 0.15) is 0 Å². The molecule has 3 nitrogen and oxygen atoms in total. The maximum atomic E-state index is 11.5. The van der Waals surface area contributed by atoms with Crippen LogP contribution in [0, 0.1) is 17.8 Å². The molecule has 0 radical (unpaired) electrons. The van der Waals surface area contributed by atoms with E-state index in [-0.39, 0.29) is 18.3 Å². The highest BCUT2D eigenvalue weighted by Gasteiger charge is 2.32. The fraction of sp³-hybridized carbons (Fsp3) is 0.917. The summed E-state index contributed by atoms with van der Waals surface area (Å²) in [6.07, 6.45) is 4.31. The molecule has 3 unspecified atom stereocenters. The van der Waals surface area contributed by atoms with Gasteiger partial charge in [-0.2, -0.15) is 0 Å². The van der Waals surface area contributed by atoms with Crippen LogP contribution in [-0.2, 0) is 4.79 Å². The van der Waals surface area contributed by atoms with Crippen LogP contribution < -0.4 is 10.6 Å². The molecule has 0 aromatic heterocycles. The van der Waals surface area contributed by atoms with Crippen molar-refractivity contribution in [2.45, 2.75) is 32.6 Å². The van der Waals surface area contributed by atoms with E-state index in [0.717, 1.165) is 43.8 Å². The molecule has 2 aliphatic rings. The number of nitrogens with one attached hydrogen (secondary N) is 2. The number of carbonyl (C=O) groups excluding carboxylic acids is 1. The topological polar surface area (TPSA) is 41.1 Å². The molecule has 2 rings (SSSR count). The van der Waals surface area contributed by atoms with Gasteiger partial charge < -0.3 is 10.6 Å². The van der Waals surface area contributed by atoms with Crippen molar-refractivity contribution in [1.29, 1.82) is 0 Å². The zero-order valence-electron chi connectivity index (χ0n) is 10.00. The van der Waals surface area contributed by atoms with Crippen molar-refractivity contribution in [1.82, 2.24) is 10.6 Å². The SMILES string of the molecule is CC1CC1CNC(=O)CCC1CCNC1.Cl. The molecule has 4 heteroatoms. The Kier molecular flexibility index (Phi) is 5.56. The van der Waals surface area contributed by atoms with E-state index in [1.165, 1.54) is 12.8 Å². The third kappa shape index (κ3) is 4.30. The van der Waals surface area contributed by atoms with E-state index in [2.05, 4.69) is 17.6 Å². The van der Waals surface area contributed by atoms with Gasteiger partial charge in [0.05, 0.1) is 0 Å². The lowest BCUT2D eigenvalue weighted by atomic mass is 10.0. The number of amides is 1. The molecule has 1 amide bonds. The van der Waals surface area contributed by atoms with Gasteiger partial charge in [0, 0.05) is 13.0 Å². The molecule has 0 aromatic rings. The first-order chi connectivity index (χ1) is 7.25. The Balaban J connectivity index is 0.00000128. The van der Waals surface area contributed by atoms with E-state index >= 15 is 0 Å². The van der Waals surface area contributed by atoms with Crippen LogP contribution in [-0.4, -0.2) is 25.5 Å². The second-order valence-corrected chi connectivity index (χ2v) is 5.17. The largest absolute Gasteiger partial charge is 0.356 e. The normalized spacial score (nSPS) is 31.9. The standard InChI is InChI=1S/C12H22N2O.ClH/c1-9-6-11(9)8-14-12(15)3-2-10-4-5-13-7-10;/h9-11,13H,2-8H2,1H3,(H,14,15);1H.